The van der Waals surface area contributed by atoms with Crippen molar-refractivity contribution in [2.24, 2.45) is 0 Å². The zero-order valence-corrected chi connectivity index (χ0v) is 16.1. The number of likely N-dealkylation sites (N-methyl/N-ethyl adjacent to an activating group) is 1. The average Bonchev–Trinajstić information content (AvgIpc) is 2.72. The van der Waals surface area contributed by atoms with E-state index in [1.165, 1.54) is 5.56 Å². The highest BCUT2D eigenvalue weighted by Crippen LogP contribution is 2.05. The molecule has 0 heterocycles. The maximum atomic E-state index is 12.0. The SMILES string of the molecule is CNCC(CCc1ccccc1)NC(=O)NNC(=O)COCc1ccccc1. The number of nitrogens with one attached hydrogen (secondary N) is 4. The smallest absolute Gasteiger partial charge is 0.333 e. The molecule has 0 aliphatic carbocycles. The summed E-state index contributed by atoms with van der Waals surface area (Å²) in [7, 11) is 1.83. The van der Waals surface area contributed by atoms with Gasteiger partial charge in [0.15, 0.2) is 0 Å². The van der Waals surface area contributed by atoms with E-state index in [2.05, 4.69) is 33.6 Å². The fraction of sp³-hybridized carbons (Fsp3) is 0.333. The van der Waals surface area contributed by atoms with Gasteiger partial charge >= 0.3 is 6.03 Å². The molecular weight excluding hydrogens is 356 g/mol. The van der Waals surface area contributed by atoms with Crippen LogP contribution in [0.3, 0.4) is 0 Å². The lowest BCUT2D eigenvalue weighted by molar-refractivity contribution is -0.126. The van der Waals surface area contributed by atoms with Crippen LogP contribution in [0.5, 0.6) is 0 Å². The second kappa shape index (κ2) is 12.5. The fourth-order valence-electron chi connectivity index (χ4n) is 2.68. The van der Waals surface area contributed by atoms with E-state index in [1.807, 2.05) is 55.6 Å². The zero-order valence-electron chi connectivity index (χ0n) is 16.1. The van der Waals surface area contributed by atoms with E-state index < -0.39 is 11.9 Å². The molecule has 0 fully saturated rings. The zero-order chi connectivity index (χ0) is 20.0. The van der Waals surface area contributed by atoms with Crippen molar-refractivity contribution in [3.05, 3.63) is 71.8 Å². The van der Waals surface area contributed by atoms with Crippen molar-refractivity contribution in [3.63, 3.8) is 0 Å². The van der Waals surface area contributed by atoms with Gasteiger partial charge in [-0.15, -0.1) is 0 Å². The number of carbonyl (C=O) groups is 2. The van der Waals surface area contributed by atoms with E-state index >= 15 is 0 Å². The number of hydrogen-bond donors (Lipinski definition) is 4. The topological polar surface area (TPSA) is 91.5 Å². The molecule has 150 valence electrons. The molecule has 3 amide bonds. The van der Waals surface area contributed by atoms with Crippen LogP contribution in [-0.4, -0.2) is 38.2 Å². The number of hydrogen-bond acceptors (Lipinski definition) is 4. The van der Waals surface area contributed by atoms with Crippen LogP contribution in [0.2, 0.25) is 0 Å². The first-order valence-electron chi connectivity index (χ1n) is 9.33. The number of benzene rings is 2. The predicted molar refractivity (Wildman–Crippen MR) is 108 cm³/mol. The molecule has 0 aromatic heterocycles. The number of urea groups is 1. The molecule has 0 saturated heterocycles. The Bertz CT molecular complexity index is 710. The third-order valence-electron chi connectivity index (χ3n) is 4.07. The quantitative estimate of drug-likeness (QED) is 0.470. The first-order valence-corrected chi connectivity index (χ1v) is 9.33. The van der Waals surface area contributed by atoms with Gasteiger partial charge in [-0.2, -0.15) is 0 Å². The van der Waals surface area contributed by atoms with Crippen molar-refractivity contribution in [1.82, 2.24) is 21.5 Å². The summed E-state index contributed by atoms with van der Waals surface area (Å²) in [6, 6.07) is 19.2. The first-order chi connectivity index (χ1) is 13.7. The highest BCUT2D eigenvalue weighted by atomic mass is 16.5. The van der Waals surface area contributed by atoms with Crippen molar-refractivity contribution in [2.75, 3.05) is 20.2 Å². The summed E-state index contributed by atoms with van der Waals surface area (Å²) < 4.78 is 5.33. The third-order valence-corrected chi connectivity index (χ3v) is 4.07. The van der Waals surface area contributed by atoms with Crippen LogP contribution in [0.4, 0.5) is 4.79 Å². The highest BCUT2D eigenvalue weighted by Gasteiger charge is 2.12. The van der Waals surface area contributed by atoms with Gasteiger partial charge in [0.1, 0.15) is 6.61 Å². The molecule has 2 aromatic rings. The van der Waals surface area contributed by atoms with Crippen LogP contribution in [0.15, 0.2) is 60.7 Å². The van der Waals surface area contributed by atoms with E-state index in [0.29, 0.717) is 13.2 Å². The Labute approximate surface area is 165 Å². The van der Waals surface area contributed by atoms with E-state index in [0.717, 1.165) is 18.4 Å². The number of rotatable bonds is 10. The number of amides is 3. The Balaban J connectivity index is 1.64. The third kappa shape index (κ3) is 8.66. The summed E-state index contributed by atoms with van der Waals surface area (Å²) in [5, 5.41) is 5.93. The normalized spacial score (nSPS) is 11.5. The van der Waals surface area contributed by atoms with Crippen LogP contribution in [0.25, 0.3) is 0 Å². The number of ether oxygens (including phenoxy) is 1. The molecule has 0 aliphatic heterocycles. The minimum Gasteiger partial charge on any atom is -0.367 e. The molecule has 1 unspecified atom stereocenters. The molecule has 2 aromatic carbocycles. The van der Waals surface area contributed by atoms with Crippen molar-refractivity contribution in [3.8, 4) is 0 Å². The Hall–Kier alpha value is -2.90. The Morgan fingerprint density at radius 2 is 1.57 bits per heavy atom. The summed E-state index contributed by atoms with van der Waals surface area (Å²) in [5.74, 6) is -0.416. The van der Waals surface area contributed by atoms with Crippen LogP contribution < -0.4 is 21.5 Å². The molecule has 2 rings (SSSR count). The van der Waals surface area contributed by atoms with Gasteiger partial charge < -0.3 is 15.4 Å². The lowest BCUT2D eigenvalue weighted by Gasteiger charge is -2.19. The summed E-state index contributed by atoms with van der Waals surface area (Å²) in [6.07, 6.45) is 1.64. The van der Waals surface area contributed by atoms with Crippen molar-refractivity contribution in [1.29, 1.82) is 0 Å². The van der Waals surface area contributed by atoms with E-state index in [4.69, 9.17) is 4.74 Å². The van der Waals surface area contributed by atoms with Gasteiger partial charge in [0.25, 0.3) is 5.91 Å². The van der Waals surface area contributed by atoms with E-state index in [9.17, 15) is 9.59 Å². The number of hydrazine groups is 1. The fourth-order valence-corrected chi connectivity index (χ4v) is 2.68. The molecule has 4 N–H and O–H groups in total. The molecule has 0 spiro atoms. The number of carbonyl (C=O) groups excluding carboxylic acids is 2. The Morgan fingerprint density at radius 1 is 0.929 bits per heavy atom. The van der Waals surface area contributed by atoms with Gasteiger partial charge in [-0.3, -0.25) is 10.2 Å². The monoisotopic (exact) mass is 384 g/mol. The molecule has 7 nitrogen and oxygen atoms in total. The van der Waals surface area contributed by atoms with Gasteiger partial charge in [0, 0.05) is 12.6 Å². The molecule has 7 heteroatoms. The van der Waals surface area contributed by atoms with Gasteiger partial charge in [-0.25, -0.2) is 10.2 Å². The van der Waals surface area contributed by atoms with Gasteiger partial charge in [0.2, 0.25) is 0 Å². The second-order valence-corrected chi connectivity index (χ2v) is 6.40. The molecule has 0 aliphatic rings. The van der Waals surface area contributed by atoms with Gasteiger partial charge in [-0.1, -0.05) is 60.7 Å². The minimum absolute atomic E-state index is 0.0589. The van der Waals surface area contributed by atoms with Crippen molar-refractivity contribution >= 4 is 11.9 Å². The standard InChI is InChI=1S/C21H28N4O3/c1-22-14-19(13-12-17-8-4-2-5-9-17)23-21(27)25-24-20(26)16-28-15-18-10-6-3-7-11-18/h2-11,19,22H,12-16H2,1H3,(H,24,26)(H2,23,25,27). The largest absolute Gasteiger partial charge is 0.367 e. The molecule has 0 saturated carbocycles. The molecule has 0 radical (unpaired) electrons. The molecule has 1 atom stereocenters. The maximum Gasteiger partial charge on any atom is 0.333 e. The Kier molecular flexibility index (Phi) is 9.54. The minimum atomic E-state index is -0.454. The van der Waals surface area contributed by atoms with Gasteiger partial charge in [0.05, 0.1) is 6.61 Å². The predicted octanol–water partition coefficient (Wildman–Crippen LogP) is 1.75. The average molecular weight is 384 g/mol. The van der Waals surface area contributed by atoms with E-state index in [-0.39, 0.29) is 12.6 Å². The summed E-state index contributed by atoms with van der Waals surface area (Å²) in [6.45, 7) is 0.835. The summed E-state index contributed by atoms with van der Waals surface area (Å²) >= 11 is 0. The van der Waals surface area contributed by atoms with Gasteiger partial charge in [-0.05, 0) is 31.0 Å². The second-order valence-electron chi connectivity index (χ2n) is 6.40. The lowest BCUT2D eigenvalue weighted by Crippen LogP contribution is -2.52. The first kappa shape index (κ1) is 21.4. The lowest BCUT2D eigenvalue weighted by atomic mass is 10.1. The summed E-state index contributed by atoms with van der Waals surface area (Å²) in [4.78, 5) is 23.8. The van der Waals surface area contributed by atoms with Crippen LogP contribution in [0, 0.1) is 0 Å². The highest BCUT2D eigenvalue weighted by molar-refractivity contribution is 5.81. The van der Waals surface area contributed by atoms with Crippen molar-refractivity contribution < 1.29 is 14.3 Å². The Morgan fingerprint density at radius 3 is 2.21 bits per heavy atom. The van der Waals surface area contributed by atoms with E-state index in [1.54, 1.807) is 0 Å². The molecule has 28 heavy (non-hydrogen) atoms. The maximum absolute atomic E-state index is 12.0. The van der Waals surface area contributed by atoms with Crippen LogP contribution in [0.1, 0.15) is 17.5 Å². The number of aryl methyl sites for hydroxylation is 1. The van der Waals surface area contributed by atoms with Crippen LogP contribution >= 0.6 is 0 Å². The van der Waals surface area contributed by atoms with Crippen LogP contribution in [-0.2, 0) is 22.6 Å². The molecular formula is C21H28N4O3. The van der Waals surface area contributed by atoms with Crippen molar-refractivity contribution in [2.45, 2.75) is 25.5 Å². The molecule has 0 bridgehead atoms. The summed E-state index contributed by atoms with van der Waals surface area (Å²) in [5.41, 5.74) is 6.90.